The second-order valence-electron chi connectivity index (χ2n) is 12.7. The zero-order valence-corrected chi connectivity index (χ0v) is 24.4. The van der Waals surface area contributed by atoms with E-state index in [0.717, 1.165) is 18.4 Å². The van der Waals surface area contributed by atoms with Gasteiger partial charge in [-0.3, -0.25) is 4.79 Å². The Labute approximate surface area is 237 Å². The molecule has 8 nitrogen and oxygen atoms in total. The van der Waals surface area contributed by atoms with Crippen molar-refractivity contribution in [2.75, 3.05) is 6.61 Å². The molecule has 222 valence electrons. The van der Waals surface area contributed by atoms with Gasteiger partial charge in [0.2, 0.25) is 0 Å². The minimum atomic E-state index is -1.73. The van der Waals surface area contributed by atoms with Crippen LogP contribution in [0.1, 0.15) is 73.1 Å². The Morgan fingerprint density at radius 2 is 1.82 bits per heavy atom. The highest BCUT2D eigenvalue weighted by molar-refractivity contribution is 5.78. The van der Waals surface area contributed by atoms with Gasteiger partial charge in [0.05, 0.1) is 24.9 Å². The number of ether oxygens (including phenoxy) is 4. The largest absolute Gasteiger partial charge is 0.462 e. The molecule has 3 N–H and O–H groups in total. The van der Waals surface area contributed by atoms with E-state index in [-0.39, 0.29) is 24.7 Å². The Morgan fingerprint density at radius 3 is 2.58 bits per heavy atom. The fourth-order valence-electron chi connectivity index (χ4n) is 7.24. The molecule has 0 radical (unpaired) electrons. The van der Waals surface area contributed by atoms with Gasteiger partial charge in [0.1, 0.15) is 29.8 Å². The van der Waals surface area contributed by atoms with Crippen LogP contribution in [-0.2, 0) is 23.7 Å². The molecular weight excluding hydrogens is 512 g/mol. The molecule has 4 heterocycles. The fourth-order valence-corrected chi connectivity index (χ4v) is 7.24. The molecule has 3 saturated heterocycles. The van der Waals surface area contributed by atoms with Crippen molar-refractivity contribution in [3.8, 4) is 0 Å². The van der Waals surface area contributed by atoms with Crippen molar-refractivity contribution in [2.24, 2.45) is 17.8 Å². The number of fused-ring (bicyclic) bond motifs is 2. The molecule has 40 heavy (non-hydrogen) atoms. The van der Waals surface area contributed by atoms with E-state index in [2.05, 4.69) is 13.8 Å². The van der Waals surface area contributed by atoms with Crippen LogP contribution in [0.25, 0.3) is 0 Å². The number of aliphatic hydroxyl groups excluding tert-OH is 2. The van der Waals surface area contributed by atoms with Crippen molar-refractivity contribution in [3.05, 3.63) is 47.1 Å². The Balaban J connectivity index is 1.53. The number of carbonyl (C=O) groups is 1. The molecule has 5 aliphatic rings. The highest BCUT2D eigenvalue weighted by Crippen LogP contribution is 2.47. The van der Waals surface area contributed by atoms with E-state index in [1.54, 1.807) is 19.1 Å². The van der Waals surface area contributed by atoms with Gasteiger partial charge in [-0.05, 0) is 55.2 Å². The molecule has 2 bridgehead atoms. The van der Waals surface area contributed by atoms with E-state index in [1.807, 2.05) is 32.1 Å². The van der Waals surface area contributed by atoms with Crippen LogP contribution in [0.4, 0.5) is 0 Å². The van der Waals surface area contributed by atoms with Crippen LogP contribution >= 0.6 is 0 Å². The Bertz CT molecular complexity index is 1090. The lowest BCUT2D eigenvalue weighted by atomic mass is 9.71. The summed E-state index contributed by atoms with van der Waals surface area (Å²) in [5, 5.41) is 34.0. The zero-order chi connectivity index (χ0) is 28.8. The van der Waals surface area contributed by atoms with Crippen LogP contribution in [0, 0.1) is 17.8 Å². The third-order valence-corrected chi connectivity index (χ3v) is 9.64. The number of esters is 1. The molecule has 4 aliphatic heterocycles. The predicted molar refractivity (Wildman–Crippen MR) is 149 cm³/mol. The first-order valence-electron chi connectivity index (χ1n) is 15.0. The van der Waals surface area contributed by atoms with Crippen LogP contribution in [-0.4, -0.2) is 75.9 Å². The molecule has 3 fully saturated rings. The first kappa shape index (κ1) is 29.7. The molecule has 0 aromatic rings. The van der Waals surface area contributed by atoms with Crippen molar-refractivity contribution >= 4 is 5.97 Å². The van der Waals surface area contributed by atoms with Gasteiger partial charge in [0.15, 0.2) is 5.79 Å². The Morgan fingerprint density at radius 1 is 1.05 bits per heavy atom. The van der Waals surface area contributed by atoms with Crippen molar-refractivity contribution in [1.29, 1.82) is 0 Å². The van der Waals surface area contributed by atoms with E-state index in [1.165, 1.54) is 0 Å². The smallest absolute Gasteiger partial charge is 0.316 e. The number of rotatable bonds is 1. The van der Waals surface area contributed by atoms with Gasteiger partial charge in [-0.25, -0.2) is 0 Å². The first-order chi connectivity index (χ1) is 19.0. The summed E-state index contributed by atoms with van der Waals surface area (Å²) in [4.78, 5) is 13.9. The third kappa shape index (κ3) is 5.51. The molecule has 0 aromatic heterocycles. The minimum absolute atomic E-state index is 0.0202. The monoisotopic (exact) mass is 558 g/mol. The summed E-state index contributed by atoms with van der Waals surface area (Å²) >= 11 is 0. The van der Waals surface area contributed by atoms with Crippen molar-refractivity contribution in [3.63, 3.8) is 0 Å². The van der Waals surface area contributed by atoms with E-state index in [9.17, 15) is 20.1 Å². The van der Waals surface area contributed by atoms with Crippen LogP contribution in [0.2, 0.25) is 0 Å². The molecule has 1 aliphatic carbocycles. The zero-order valence-electron chi connectivity index (χ0n) is 24.4. The quantitative estimate of drug-likeness (QED) is 0.328. The third-order valence-electron chi connectivity index (χ3n) is 9.64. The van der Waals surface area contributed by atoms with E-state index >= 15 is 0 Å². The second kappa shape index (κ2) is 11.5. The lowest BCUT2D eigenvalue weighted by molar-refractivity contribution is -0.337. The number of hydrogen-bond donors (Lipinski definition) is 3. The van der Waals surface area contributed by atoms with E-state index in [4.69, 9.17) is 18.9 Å². The lowest BCUT2D eigenvalue weighted by Crippen LogP contribution is -2.58. The maximum absolute atomic E-state index is 13.9. The summed E-state index contributed by atoms with van der Waals surface area (Å²) in [5.41, 5.74) is 0.207. The molecule has 0 unspecified atom stereocenters. The van der Waals surface area contributed by atoms with Crippen LogP contribution in [0.15, 0.2) is 47.1 Å². The van der Waals surface area contributed by atoms with Gasteiger partial charge in [-0.15, -0.1) is 0 Å². The Kier molecular flexibility index (Phi) is 8.50. The summed E-state index contributed by atoms with van der Waals surface area (Å²) in [7, 11) is 0. The summed E-state index contributed by atoms with van der Waals surface area (Å²) in [6.07, 6.45) is 9.31. The van der Waals surface area contributed by atoms with Crippen LogP contribution in [0.3, 0.4) is 0 Å². The summed E-state index contributed by atoms with van der Waals surface area (Å²) < 4.78 is 25.3. The molecular formula is C32H46O8. The average Bonchev–Trinajstić information content (AvgIpc) is 3.24. The topological polar surface area (TPSA) is 115 Å². The summed E-state index contributed by atoms with van der Waals surface area (Å²) in [5.74, 6) is -2.07. The van der Waals surface area contributed by atoms with Gasteiger partial charge in [-0.1, -0.05) is 51.2 Å². The molecule has 5 rings (SSSR count). The molecule has 0 amide bonds. The van der Waals surface area contributed by atoms with Crippen molar-refractivity contribution in [2.45, 2.75) is 121 Å². The minimum Gasteiger partial charge on any atom is -0.462 e. The molecule has 1 spiro atoms. The van der Waals surface area contributed by atoms with Gasteiger partial charge in [0, 0.05) is 25.7 Å². The predicted octanol–water partition coefficient (Wildman–Crippen LogP) is 3.90. The van der Waals surface area contributed by atoms with Crippen molar-refractivity contribution < 1.29 is 39.1 Å². The van der Waals surface area contributed by atoms with Gasteiger partial charge < -0.3 is 34.3 Å². The number of aliphatic hydroxyl groups is 3. The highest BCUT2D eigenvalue weighted by Gasteiger charge is 2.60. The highest BCUT2D eigenvalue weighted by atomic mass is 16.7. The molecule has 0 saturated carbocycles. The van der Waals surface area contributed by atoms with Gasteiger partial charge in [-0.2, -0.15) is 0 Å². The average molecular weight is 559 g/mol. The second-order valence-corrected chi connectivity index (χ2v) is 12.7. The van der Waals surface area contributed by atoms with Crippen LogP contribution in [0.5, 0.6) is 0 Å². The number of carbonyl (C=O) groups excluding carboxylic acids is 1. The van der Waals surface area contributed by atoms with E-state index in [0.29, 0.717) is 42.7 Å². The maximum Gasteiger partial charge on any atom is 0.316 e. The van der Waals surface area contributed by atoms with Gasteiger partial charge in [0.25, 0.3) is 0 Å². The van der Waals surface area contributed by atoms with Crippen LogP contribution < -0.4 is 0 Å². The van der Waals surface area contributed by atoms with Crippen molar-refractivity contribution in [1.82, 2.24) is 0 Å². The maximum atomic E-state index is 13.9. The standard InChI is InChI=1S/C32H46O8/c1-6-27-19(3)10-11-31(40-27)16-24-14-23(39-31)15-26(33)20(4)12-18(2)8-7-9-22-17-37-29-28(34)21(5)13-25(30(35)38-24)32(22,29)36/h7-9,12-13,18-19,23-29,33-34,36H,6,10-11,14-17H2,1-5H3/b8-7+,20-12+,22-9+/t18-,19-,23-,24-,25-,26+,27+,28+,29+,31+,32+/m0/s1. The SMILES string of the molecule is CC[C@H]1O[C@]2(CC[C@@H]1C)C[C@@H]1C[C@@H](C[C@@H](O)/C(C)=C/[C@@H](C)/C=C/C=C3\CO[C@@H]4[C@H](O)C(C)=C[C@@H](C(=O)O1)[C@]34O)O2. The summed E-state index contributed by atoms with van der Waals surface area (Å²) in [6.45, 7) is 10.1. The summed E-state index contributed by atoms with van der Waals surface area (Å²) in [6, 6.07) is 0. The first-order valence-corrected chi connectivity index (χ1v) is 15.0. The number of allylic oxidation sites excluding steroid dienone is 4. The number of hydrogen-bond acceptors (Lipinski definition) is 8. The molecule has 8 heteroatoms. The van der Waals surface area contributed by atoms with E-state index < -0.39 is 47.7 Å². The molecule has 0 aromatic carbocycles. The fraction of sp³-hybridized carbons (Fsp3) is 0.719. The normalized spacial score (nSPS) is 49.6. The molecule has 11 atom stereocenters. The lowest BCUT2D eigenvalue weighted by Gasteiger charge is -2.50. The Hall–Kier alpha value is -1.81. The van der Waals surface area contributed by atoms with Gasteiger partial charge >= 0.3 is 5.97 Å².